The Morgan fingerprint density at radius 3 is 2.61 bits per heavy atom. The molecule has 0 unspecified atom stereocenters. The zero-order valence-electron chi connectivity index (χ0n) is 20.1. The molecule has 1 aliphatic heterocycles. The highest BCUT2D eigenvalue weighted by Gasteiger charge is 2.61. The first-order valence-electron chi connectivity index (χ1n) is 11.8. The number of fused-ring (bicyclic) bond motifs is 1. The summed E-state index contributed by atoms with van der Waals surface area (Å²) in [5.74, 6) is -0.00947. The molecule has 3 rings (SSSR count). The van der Waals surface area contributed by atoms with E-state index in [1.54, 1.807) is 6.08 Å². The molecule has 1 heterocycles. The van der Waals surface area contributed by atoms with Crippen LogP contribution in [0.15, 0.2) is 23.3 Å². The van der Waals surface area contributed by atoms with Crippen LogP contribution in [0.2, 0.25) is 0 Å². The minimum Gasteiger partial charge on any atom is -0.469 e. The average molecular weight is 433 g/mol. The molecule has 2 fully saturated rings. The van der Waals surface area contributed by atoms with Gasteiger partial charge in [0.15, 0.2) is 0 Å². The average Bonchev–Trinajstić information content (AvgIpc) is 3.01. The number of carbonyl (C=O) groups excluding carboxylic acids is 2. The standard InChI is InChI=1S/C26H40O5/c1-17(8-10-19-18(2)16-22(27)31-19)9-11-21-24(3)13-7-14-25(4,23(28)30-6)20(24)12-15-26(21,5)29/h8,16,19-21,29H,7,9-15H2,1-6H3/b17-8+/t19-,20-,21-,24+,25-,26-/m1/s1. The minimum atomic E-state index is -0.736. The van der Waals surface area contributed by atoms with Gasteiger partial charge in [0.25, 0.3) is 0 Å². The molecule has 0 aromatic rings. The molecule has 2 aliphatic carbocycles. The van der Waals surface area contributed by atoms with E-state index >= 15 is 0 Å². The van der Waals surface area contributed by atoms with Gasteiger partial charge in [-0.2, -0.15) is 0 Å². The van der Waals surface area contributed by atoms with E-state index < -0.39 is 11.0 Å². The van der Waals surface area contributed by atoms with E-state index in [0.29, 0.717) is 6.42 Å². The predicted octanol–water partition coefficient (Wildman–Crippen LogP) is 5.12. The van der Waals surface area contributed by atoms with Crippen LogP contribution >= 0.6 is 0 Å². The highest BCUT2D eigenvalue weighted by atomic mass is 16.5. The Balaban J connectivity index is 1.74. The molecule has 0 saturated heterocycles. The molecule has 0 radical (unpaired) electrons. The molecule has 1 N–H and O–H groups in total. The summed E-state index contributed by atoms with van der Waals surface area (Å²) in [6.45, 7) is 10.4. The molecule has 5 nitrogen and oxygen atoms in total. The van der Waals surface area contributed by atoms with Gasteiger partial charge in [-0.3, -0.25) is 4.79 Å². The fourth-order valence-electron chi connectivity index (χ4n) is 6.98. The van der Waals surface area contributed by atoms with Gasteiger partial charge in [-0.15, -0.1) is 0 Å². The van der Waals surface area contributed by atoms with Crippen molar-refractivity contribution in [2.75, 3.05) is 7.11 Å². The van der Waals surface area contributed by atoms with Gasteiger partial charge >= 0.3 is 11.9 Å². The largest absolute Gasteiger partial charge is 0.469 e. The molecule has 0 aromatic carbocycles. The molecule has 0 bridgehead atoms. The second kappa shape index (κ2) is 8.73. The minimum absolute atomic E-state index is 0.0937. The zero-order valence-corrected chi connectivity index (χ0v) is 20.1. The quantitative estimate of drug-likeness (QED) is 0.466. The first kappa shape index (κ1) is 24.0. The van der Waals surface area contributed by atoms with Gasteiger partial charge in [-0.25, -0.2) is 4.79 Å². The molecule has 6 atom stereocenters. The van der Waals surface area contributed by atoms with Gasteiger partial charge < -0.3 is 14.6 Å². The van der Waals surface area contributed by atoms with Crippen LogP contribution in [0.5, 0.6) is 0 Å². The van der Waals surface area contributed by atoms with Crippen molar-refractivity contribution < 1.29 is 24.2 Å². The lowest BCUT2D eigenvalue weighted by Gasteiger charge is -2.61. The summed E-state index contributed by atoms with van der Waals surface area (Å²) in [6.07, 6.45) is 10.5. The van der Waals surface area contributed by atoms with Crippen LogP contribution in [-0.2, 0) is 19.1 Å². The Morgan fingerprint density at radius 1 is 1.29 bits per heavy atom. The van der Waals surface area contributed by atoms with Crippen LogP contribution < -0.4 is 0 Å². The maximum atomic E-state index is 12.7. The SMILES string of the molecule is COC(=O)[C@]1(C)CCC[C@@]2(C)[C@H]1CC[C@@](C)(O)[C@@H]2CC/C(C)=C/C[C@H]1OC(=O)C=C1C. The van der Waals surface area contributed by atoms with E-state index in [-0.39, 0.29) is 35.3 Å². The highest BCUT2D eigenvalue weighted by molar-refractivity contribution is 5.85. The Kier molecular flexibility index (Phi) is 6.76. The molecule has 31 heavy (non-hydrogen) atoms. The van der Waals surface area contributed by atoms with Crippen LogP contribution in [0.3, 0.4) is 0 Å². The molecular weight excluding hydrogens is 392 g/mol. The maximum absolute atomic E-state index is 12.7. The monoisotopic (exact) mass is 432 g/mol. The summed E-state index contributed by atoms with van der Waals surface area (Å²) >= 11 is 0. The number of hydrogen-bond acceptors (Lipinski definition) is 5. The van der Waals surface area contributed by atoms with Crippen molar-refractivity contribution in [3.05, 3.63) is 23.3 Å². The molecular formula is C26H40O5. The van der Waals surface area contributed by atoms with E-state index in [2.05, 4.69) is 26.8 Å². The number of esters is 2. The predicted molar refractivity (Wildman–Crippen MR) is 120 cm³/mol. The Bertz CT molecular complexity index is 779. The number of methoxy groups -OCH3 is 1. The van der Waals surface area contributed by atoms with Crippen LogP contribution in [0.1, 0.15) is 86.0 Å². The number of cyclic esters (lactones) is 1. The van der Waals surface area contributed by atoms with E-state index in [1.807, 2.05) is 13.8 Å². The van der Waals surface area contributed by atoms with Crippen LogP contribution in [0, 0.1) is 22.7 Å². The van der Waals surface area contributed by atoms with Gasteiger partial charge in [0.05, 0.1) is 18.1 Å². The topological polar surface area (TPSA) is 72.8 Å². The first-order chi connectivity index (χ1) is 14.4. The Hall–Kier alpha value is -1.62. The molecule has 0 amide bonds. The Morgan fingerprint density at radius 2 is 2.00 bits per heavy atom. The van der Waals surface area contributed by atoms with Crippen LogP contribution in [0.25, 0.3) is 0 Å². The number of ether oxygens (including phenoxy) is 2. The van der Waals surface area contributed by atoms with Gasteiger partial charge in [0, 0.05) is 12.5 Å². The first-order valence-corrected chi connectivity index (χ1v) is 11.8. The number of allylic oxidation sites excluding steroid dienone is 1. The summed E-state index contributed by atoms with van der Waals surface area (Å²) in [5, 5.41) is 11.4. The number of hydrogen-bond donors (Lipinski definition) is 1. The van der Waals surface area contributed by atoms with Crippen molar-refractivity contribution in [3.8, 4) is 0 Å². The van der Waals surface area contributed by atoms with Crippen molar-refractivity contribution >= 4 is 11.9 Å². The van der Waals surface area contributed by atoms with Gasteiger partial charge in [0.1, 0.15) is 6.10 Å². The van der Waals surface area contributed by atoms with Crippen molar-refractivity contribution in [1.82, 2.24) is 0 Å². The number of carbonyl (C=O) groups is 2. The summed E-state index contributed by atoms with van der Waals surface area (Å²) in [5.41, 5.74) is 0.925. The molecule has 2 saturated carbocycles. The molecule has 5 heteroatoms. The van der Waals surface area contributed by atoms with Gasteiger partial charge in [0.2, 0.25) is 0 Å². The lowest BCUT2D eigenvalue weighted by atomic mass is 9.44. The van der Waals surface area contributed by atoms with Crippen LogP contribution in [-0.4, -0.2) is 35.9 Å². The van der Waals surface area contributed by atoms with E-state index in [9.17, 15) is 14.7 Å². The molecule has 174 valence electrons. The van der Waals surface area contributed by atoms with Gasteiger partial charge in [-0.1, -0.05) is 25.0 Å². The van der Waals surface area contributed by atoms with E-state index in [0.717, 1.165) is 50.5 Å². The highest BCUT2D eigenvalue weighted by Crippen LogP contribution is 2.63. The third-order valence-corrected chi connectivity index (χ3v) is 8.73. The third kappa shape index (κ3) is 4.48. The summed E-state index contributed by atoms with van der Waals surface area (Å²) in [6, 6.07) is 0. The number of rotatable bonds is 6. The van der Waals surface area contributed by atoms with E-state index in [4.69, 9.17) is 9.47 Å². The summed E-state index contributed by atoms with van der Waals surface area (Å²) < 4.78 is 10.6. The maximum Gasteiger partial charge on any atom is 0.331 e. The second-order valence-corrected chi connectivity index (χ2v) is 10.9. The molecule has 0 spiro atoms. The van der Waals surface area contributed by atoms with Crippen LogP contribution in [0.4, 0.5) is 0 Å². The van der Waals surface area contributed by atoms with Crippen molar-refractivity contribution in [2.24, 2.45) is 22.7 Å². The summed E-state index contributed by atoms with van der Waals surface area (Å²) in [7, 11) is 1.49. The lowest BCUT2D eigenvalue weighted by Crippen LogP contribution is -2.59. The lowest BCUT2D eigenvalue weighted by molar-refractivity contribution is -0.192. The molecule has 0 aromatic heterocycles. The van der Waals surface area contributed by atoms with E-state index in [1.165, 1.54) is 12.7 Å². The van der Waals surface area contributed by atoms with Crippen molar-refractivity contribution in [2.45, 2.75) is 97.7 Å². The van der Waals surface area contributed by atoms with Crippen molar-refractivity contribution in [3.63, 3.8) is 0 Å². The summed E-state index contributed by atoms with van der Waals surface area (Å²) in [4.78, 5) is 24.2. The fourth-order valence-corrected chi connectivity index (χ4v) is 6.98. The normalized spacial score (nSPS) is 40.7. The number of aliphatic hydroxyl groups is 1. The van der Waals surface area contributed by atoms with Gasteiger partial charge in [-0.05, 0) is 89.0 Å². The smallest absolute Gasteiger partial charge is 0.331 e. The second-order valence-electron chi connectivity index (χ2n) is 10.9. The third-order valence-electron chi connectivity index (χ3n) is 8.73. The molecule has 3 aliphatic rings. The fraction of sp³-hybridized carbons (Fsp3) is 0.769. The Labute approximate surface area is 187 Å². The van der Waals surface area contributed by atoms with Crippen molar-refractivity contribution in [1.29, 1.82) is 0 Å². The zero-order chi connectivity index (χ0) is 23.0.